The van der Waals surface area contributed by atoms with Crippen LogP contribution in [0.2, 0.25) is 5.02 Å². The minimum atomic E-state index is -0.346. The summed E-state index contributed by atoms with van der Waals surface area (Å²) in [5.74, 6) is 0.675. The molecule has 0 bridgehead atoms. The number of anilines is 3. The number of hydrogen-bond donors (Lipinski definition) is 2. The summed E-state index contributed by atoms with van der Waals surface area (Å²) in [6.45, 7) is 1.90. The predicted molar refractivity (Wildman–Crippen MR) is 102 cm³/mol. The van der Waals surface area contributed by atoms with Crippen LogP contribution >= 0.6 is 11.6 Å². The van der Waals surface area contributed by atoms with Crippen molar-refractivity contribution in [3.63, 3.8) is 0 Å². The van der Waals surface area contributed by atoms with Gasteiger partial charge in [0.05, 0.1) is 7.11 Å². The Kier molecular flexibility index (Phi) is 5.34. The van der Waals surface area contributed by atoms with Gasteiger partial charge in [-0.05, 0) is 42.8 Å². The van der Waals surface area contributed by atoms with Crippen LogP contribution in [0.15, 0.2) is 54.7 Å². The van der Waals surface area contributed by atoms with Gasteiger partial charge in [0.25, 0.3) is 5.91 Å². The van der Waals surface area contributed by atoms with E-state index in [9.17, 15) is 4.79 Å². The quantitative estimate of drug-likeness (QED) is 0.696. The summed E-state index contributed by atoms with van der Waals surface area (Å²) in [5.41, 5.74) is 2.54. The fourth-order valence-electron chi connectivity index (χ4n) is 2.24. The van der Waals surface area contributed by atoms with Crippen molar-refractivity contribution in [2.24, 2.45) is 0 Å². The number of benzene rings is 2. The number of amides is 1. The maximum absolute atomic E-state index is 12.4. The van der Waals surface area contributed by atoms with Gasteiger partial charge in [0.1, 0.15) is 11.4 Å². The summed E-state index contributed by atoms with van der Waals surface area (Å²) in [5, 5.41) is 6.41. The molecule has 1 aromatic heterocycles. The van der Waals surface area contributed by atoms with Crippen LogP contribution in [0.25, 0.3) is 0 Å². The summed E-state index contributed by atoms with van der Waals surface area (Å²) >= 11 is 6.09. The first-order valence-corrected chi connectivity index (χ1v) is 8.24. The van der Waals surface area contributed by atoms with Crippen molar-refractivity contribution in [3.05, 3.63) is 71.0 Å². The number of aryl methyl sites for hydroxylation is 1. The maximum atomic E-state index is 12.4. The monoisotopic (exact) mass is 368 g/mol. The molecule has 0 radical (unpaired) electrons. The van der Waals surface area contributed by atoms with Crippen molar-refractivity contribution < 1.29 is 9.53 Å². The number of methoxy groups -OCH3 is 1. The second kappa shape index (κ2) is 7.84. The molecule has 0 aliphatic rings. The number of carbonyl (C=O) groups is 1. The molecular weight excluding hydrogens is 352 g/mol. The van der Waals surface area contributed by atoms with Crippen molar-refractivity contribution in [1.29, 1.82) is 0 Å². The number of carbonyl (C=O) groups excluding carboxylic acids is 1. The average molecular weight is 369 g/mol. The highest BCUT2D eigenvalue weighted by Crippen LogP contribution is 2.21. The molecule has 0 fully saturated rings. The van der Waals surface area contributed by atoms with Gasteiger partial charge in [-0.3, -0.25) is 4.79 Å². The number of rotatable bonds is 5. The van der Waals surface area contributed by atoms with E-state index in [0.29, 0.717) is 22.4 Å². The molecule has 7 heteroatoms. The Morgan fingerprint density at radius 1 is 1.12 bits per heavy atom. The van der Waals surface area contributed by atoms with E-state index in [2.05, 4.69) is 20.6 Å². The van der Waals surface area contributed by atoms with Crippen molar-refractivity contribution in [2.45, 2.75) is 6.92 Å². The third-order valence-electron chi connectivity index (χ3n) is 3.64. The molecule has 2 N–H and O–H groups in total. The predicted octanol–water partition coefficient (Wildman–Crippen LogP) is 4.44. The van der Waals surface area contributed by atoms with Gasteiger partial charge < -0.3 is 15.4 Å². The van der Waals surface area contributed by atoms with Crippen molar-refractivity contribution >= 4 is 34.8 Å². The molecule has 3 rings (SSSR count). The summed E-state index contributed by atoms with van der Waals surface area (Å²) in [6.07, 6.45) is 1.52. The molecule has 0 aliphatic heterocycles. The van der Waals surface area contributed by atoms with E-state index in [-0.39, 0.29) is 11.6 Å². The molecule has 26 heavy (non-hydrogen) atoms. The lowest BCUT2D eigenvalue weighted by Gasteiger charge is -2.09. The second-order valence-electron chi connectivity index (χ2n) is 5.54. The Morgan fingerprint density at radius 2 is 1.96 bits per heavy atom. The van der Waals surface area contributed by atoms with Crippen LogP contribution in [0.3, 0.4) is 0 Å². The Morgan fingerprint density at radius 3 is 2.73 bits per heavy atom. The minimum Gasteiger partial charge on any atom is -0.497 e. The van der Waals surface area contributed by atoms with Gasteiger partial charge in [0.15, 0.2) is 0 Å². The van der Waals surface area contributed by atoms with Crippen molar-refractivity contribution in [3.8, 4) is 5.75 Å². The topological polar surface area (TPSA) is 76.1 Å². The molecule has 0 atom stereocenters. The lowest BCUT2D eigenvalue weighted by atomic mass is 10.2. The lowest BCUT2D eigenvalue weighted by molar-refractivity contribution is 0.102. The SMILES string of the molecule is COc1cccc(Nc2nccc(C(=O)Nc3ccc(C)c(Cl)c3)n2)c1. The fraction of sp³-hybridized carbons (Fsp3) is 0.105. The fourth-order valence-corrected chi connectivity index (χ4v) is 2.42. The van der Waals surface area contributed by atoms with Gasteiger partial charge in [-0.15, -0.1) is 0 Å². The van der Waals surface area contributed by atoms with Crippen LogP contribution in [0.5, 0.6) is 5.75 Å². The van der Waals surface area contributed by atoms with E-state index >= 15 is 0 Å². The van der Waals surface area contributed by atoms with Crippen LogP contribution in [0.4, 0.5) is 17.3 Å². The Balaban J connectivity index is 1.75. The summed E-state index contributed by atoms with van der Waals surface area (Å²) in [7, 11) is 1.60. The zero-order chi connectivity index (χ0) is 18.5. The third kappa shape index (κ3) is 4.29. The second-order valence-corrected chi connectivity index (χ2v) is 5.95. The van der Waals surface area contributed by atoms with E-state index in [4.69, 9.17) is 16.3 Å². The number of nitrogens with one attached hydrogen (secondary N) is 2. The van der Waals surface area contributed by atoms with E-state index in [1.165, 1.54) is 6.20 Å². The van der Waals surface area contributed by atoms with E-state index in [0.717, 1.165) is 11.3 Å². The van der Waals surface area contributed by atoms with Gasteiger partial charge in [-0.2, -0.15) is 0 Å². The molecular formula is C19H17ClN4O2. The van der Waals surface area contributed by atoms with Gasteiger partial charge in [-0.1, -0.05) is 23.7 Å². The average Bonchev–Trinajstić information content (AvgIpc) is 2.65. The number of aromatic nitrogens is 2. The number of ether oxygens (including phenoxy) is 1. The van der Waals surface area contributed by atoms with E-state index in [1.807, 2.05) is 37.3 Å². The zero-order valence-electron chi connectivity index (χ0n) is 14.3. The zero-order valence-corrected chi connectivity index (χ0v) is 15.0. The summed E-state index contributed by atoms with van der Waals surface area (Å²) < 4.78 is 5.18. The molecule has 0 spiro atoms. The van der Waals surface area contributed by atoms with E-state index < -0.39 is 0 Å². The Hall–Kier alpha value is -3.12. The molecule has 3 aromatic rings. The van der Waals surface area contributed by atoms with Crippen LogP contribution in [0.1, 0.15) is 16.1 Å². The molecule has 132 valence electrons. The first-order valence-electron chi connectivity index (χ1n) is 7.87. The van der Waals surface area contributed by atoms with Crippen LogP contribution in [-0.4, -0.2) is 23.0 Å². The number of nitrogens with zero attached hydrogens (tertiary/aromatic N) is 2. The molecule has 0 saturated heterocycles. The van der Waals surface area contributed by atoms with Gasteiger partial charge in [0.2, 0.25) is 5.95 Å². The van der Waals surface area contributed by atoms with Crippen molar-refractivity contribution in [2.75, 3.05) is 17.7 Å². The van der Waals surface area contributed by atoms with Gasteiger partial charge >= 0.3 is 0 Å². The largest absolute Gasteiger partial charge is 0.497 e. The normalized spacial score (nSPS) is 10.3. The Labute approximate surface area is 156 Å². The van der Waals surface area contributed by atoms with Gasteiger partial charge in [0, 0.05) is 28.7 Å². The summed E-state index contributed by atoms with van der Waals surface area (Å²) in [4.78, 5) is 20.8. The van der Waals surface area contributed by atoms with Crippen LogP contribution in [-0.2, 0) is 0 Å². The smallest absolute Gasteiger partial charge is 0.274 e. The molecule has 1 heterocycles. The number of halogens is 1. The molecule has 0 unspecified atom stereocenters. The van der Waals surface area contributed by atoms with Crippen LogP contribution in [0, 0.1) is 6.92 Å². The van der Waals surface area contributed by atoms with Gasteiger partial charge in [-0.25, -0.2) is 9.97 Å². The van der Waals surface area contributed by atoms with E-state index in [1.54, 1.807) is 25.3 Å². The molecule has 6 nitrogen and oxygen atoms in total. The molecule has 2 aromatic carbocycles. The third-order valence-corrected chi connectivity index (χ3v) is 4.05. The highest BCUT2D eigenvalue weighted by atomic mass is 35.5. The summed E-state index contributed by atoms with van der Waals surface area (Å²) in [6, 6.07) is 14.2. The highest BCUT2D eigenvalue weighted by molar-refractivity contribution is 6.31. The standard InChI is InChI=1S/C19H17ClN4O2/c1-12-6-7-14(11-16(12)20)22-18(25)17-8-9-21-19(24-17)23-13-4-3-5-15(10-13)26-2/h3-11H,1-2H3,(H,22,25)(H,21,23,24). The first-order chi connectivity index (χ1) is 12.5. The molecule has 1 amide bonds. The van der Waals surface area contributed by atoms with Crippen LogP contribution < -0.4 is 15.4 Å². The Bertz CT molecular complexity index is 946. The maximum Gasteiger partial charge on any atom is 0.274 e. The molecule has 0 saturated carbocycles. The lowest BCUT2D eigenvalue weighted by Crippen LogP contribution is -2.14. The minimum absolute atomic E-state index is 0.238. The first kappa shape index (κ1) is 17.7. The number of hydrogen-bond acceptors (Lipinski definition) is 5. The molecule has 0 aliphatic carbocycles. The van der Waals surface area contributed by atoms with Crippen molar-refractivity contribution in [1.82, 2.24) is 9.97 Å². The highest BCUT2D eigenvalue weighted by Gasteiger charge is 2.10.